The Hall–Kier alpha value is -0.580. The van der Waals surface area contributed by atoms with Gasteiger partial charge in [0.15, 0.2) is 0 Å². The summed E-state index contributed by atoms with van der Waals surface area (Å²) in [5.74, 6) is -0.305. The van der Waals surface area contributed by atoms with Crippen LogP contribution in [-0.2, 0) is 4.74 Å². The van der Waals surface area contributed by atoms with Crippen molar-refractivity contribution in [1.82, 2.24) is 0 Å². The molecule has 0 saturated carbocycles. The van der Waals surface area contributed by atoms with Crippen LogP contribution in [0.15, 0.2) is 23.1 Å². The van der Waals surface area contributed by atoms with Crippen molar-refractivity contribution in [3.05, 3.63) is 29.6 Å². The number of hydrogen-bond donors (Lipinski definition) is 1. The molecule has 2 rings (SSSR count). The molecule has 1 aliphatic heterocycles. The Kier molecular flexibility index (Phi) is 3.29. The number of rotatable bonds is 3. The fourth-order valence-corrected chi connectivity index (χ4v) is 2.61. The van der Waals surface area contributed by atoms with Crippen molar-refractivity contribution in [1.29, 1.82) is 0 Å². The van der Waals surface area contributed by atoms with E-state index in [1.54, 1.807) is 24.8 Å². The molecule has 0 spiro atoms. The van der Waals surface area contributed by atoms with Gasteiger partial charge < -0.3 is 9.84 Å². The largest absolute Gasteiger partial charge is 0.389 e. The van der Waals surface area contributed by atoms with Crippen LogP contribution in [0, 0.1) is 5.82 Å². The molecule has 0 aliphatic carbocycles. The van der Waals surface area contributed by atoms with Crippen LogP contribution in [0.2, 0.25) is 0 Å². The van der Waals surface area contributed by atoms with Crippen LogP contribution in [0.1, 0.15) is 18.6 Å². The van der Waals surface area contributed by atoms with Crippen LogP contribution < -0.4 is 0 Å². The molecule has 0 bridgehead atoms. The van der Waals surface area contributed by atoms with Gasteiger partial charge in [-0.25, -0.2) is 4.39 Å². The maximum Gasteiger partial charge on any atom is 0.123 e. The summed E-state index contributed by atoms with van der Waals surface area (Å²) in [4.78, 5) is 0.944. The van der Waals surface area contributed by atoms with E-state index in [0.29, 0.717) is 10.8 Å². The molecule has 1 fully saturated rings. The van der Waals surface area contributed by atoms with Crippen LogP contribution in [0.4, 0.5) is 4.39 Å². The summed E-state index contributed by atoms with van der Waals surface area (Å²) in [7, 11) is 0. The summed E-state index contributed by atoms with van der Waals surface area (Å²) >= 11 is 1.64. The summed E-state index contributed by atoms with van der Waals surface area (Å²) < 4.78 is 18.1. The van der Waals surface area contributed by atoms with Gasteiger partial charge in [0.2, 0.25) is 0 Å². The quantitative estimate of drug-likeness (QED) is 0.861. The highest BCUT2D eigenvalue weighted by Crippen LogP contribution is 2.33. The van der Waals surface area contributed by atoms with E-state index in [1.165, 1.54) is 12.1 Å². The zero-order valence-corrected chi connectivity index (χ0v) is 9.26. The Morgan fingerprint density at radius 2 is 2.27 bits per heavy atom. The molecule has 1 saturated heterocycles. The minimum Gasteiger partial charge on any atom is -0.389 e. The van der Waals surface area contributed by atoms with Crippen molar-refractivity contribution in [3.63, 3.8) is 0 Å². The normalized spacial score (nSPS) is 18.6. The summed E-state index contributed by atoms with van der Waals surface area (Å²) in [6.07, 6.45) is -0.635. The zero-order chi connectivity index (χ0) is 10.8. The average molecular weight is 228 g/mol. The standard InChI is InChI=1S/C11H13FO2S/c1-7(13)10-4-8(12)2-3-11(10)15-9-5-14-6-9/h2-4,7,9,13H,5-6H2,1H3/t7-/m0/s1. The number of thioether (sulfide) groups is 1. The lowest BCUT2D eigenvalue weighted by Crippen LogP contribution is -2.30. The first-order valence-corrected chi connectivity index (χ1v) is 5.76. The molecule has 0 aromatic heterocycles. The number of benzene rings is 1. The SMILES string of the molecule is C[C@H](O)c1cc(F)ccc1SC1COC1. The molecule has 1 aliphatic rings. The molecule has 1 aromatic carbocycles. The van der Waals surface area contributed by atoms with Crippen LogP contribution in [0.5, 0.6) is 0 Å². The Labute approximate surface area is 92.4 Å². The first kappa shape index (κ1) is 10.9. The van der Waals surface area contributed by atoms with Crippen molar-refractivity contribution < 1.29 is 14.2 Å². The van der Waals surface area contributed by atoms with Crippen LogP contribution in [0.25, 0.3) is 0 Å². The second kappa shape index (κ2) is 4.51. The van der Waals surface area contributed by atoms with Gasteiger partial charge in [0.1, 0.15) is 5.82 Å². The predicted octanol–water partition coefficient (Wildman–Crippen LogP) is 2.37. The lowest BCUT2D eigenvalue weighted by molar-refractivity contribution is 0.0455. The average Bonchev–Trinajstić information content (AvgIpc) is 2.12. The van der Waals surface area contributed by atoms with E-state index in [1.807, 2.05) is 0 Å². The van der Waals surface area contributed by atoms with E-state index in [-0.39, 0.29) is 5.82 Å². The third-order valence-corrected chi connectivity index (χ3v) is 3.55. The van der Waals surface area contributed by atoms with Gasteiger partial charge in [0.25, 0.3) is 0 Å². The highest BCUT2D eigenvalue weighted by atomic mass is 32.2. The third kappa shape index (κ3) is 2.51. The third-order valence-electron chi connectivity index (χ3n) is 2.32. The molecular formula is C11H13FO2S. The van der Waals surface area contributed by atoms with Gasteiger partial charge in [-0.2, -0.15) is 0 Å². The highest BCUT2D eigenvalue weighted by Gasteiger charge is 2.21. The van der Waals surface area contributed by atoms with Crippen LogP contribution in [0.3, 0.4) is 0 Å². The summed E-state index contributed by atoms with van der Waals surface area (Å²) in [5.41, 5.74) is 0.659. The molecule has 0 unspecified atom stereocenters. The molecule has 0 amide bonds. The minimum atomic E-state index is -0.635. The maximum absolute atomic E-state index is 13.0. The molecule has 1 aromatic rings. The van der Waals surface area contributed by atoms with E-state index < -0.39 is 6.10 Å². The van der Waals surface area contributed by atoms with Gasteiger partial charge in [-0.3, -0.25) is 0 Å². The summed E-state index contributed by atoms with van der Waals surface area (Å²) in [6.45, 7) is 3.12. The Morgan fingerprint density at radius 1 is 1.53 bits per heavy atom. The lowest BCUT2D eigenvalue weighted by Gasteiger charge is -2.26. The second-order valence-electron chi connectivity index (χ2n) is 3.64. The fourth-order valence-electron chi connectivity index (χ4n) is 1.41. The maximum atomic E-state index is 13.0. The number of aliphatic hydroxyl groups is 1. The van der Waals surface area contributed by atoms with E-state index in [9.17, 15) is 9.50 Å². The second-order valence-corrected chi connectivity index (χ2v) is 4.98. The zero-order valence-electron chi connectivity index (χ0n) is 8.44. The van der Waals surface area contributed by atoms with Crippen molar-refractivity contribution in [2.24, 2.45) is 0 Å². The number of halogens is 1. The molecule has 1 N–H and O–H groups in total. The van der Waals surface area contributed by atoms with Crippen LogP contribution >= 0.6 is 11.8 Å². The summed E-state index contributed by atoms with van der Waals surface area (Å²) in [6, 6.07) is 4.54. The van der Waals surface area contributed by atoms with Gasteiger partial charge in [0.05, 0.1) is 24.6 Å². The van der Waals surface area contributed by atoms with Crippen molar-refractivity contribution in [3.8, 4) is 0 Å². The molecular weight excluding hydrogens is 215 g/mol. The van der Waals surface area contributed by atoms with Gasteiger partial charge in [-0.15, -0.1) is 11.8 Å². The molecule has 0 radical (unpaired) electrons. The van der Waals surface area contributed by atoms with E-state index in [4.69, 9.17) is 4.74 Å². The van der Waals surface area contributed by atoms with E-state index in [0.717, 1.165) is 18.1 Å². The van der Waals surface area contributed by atoms with Gasteiger partial charge in [-0.05, 0) is 30.7 Å². The van der Waals surface area contributed by atoms with E-state index >= 15 is 0 Å². The van der Waals surface area contributed by atoms with Gasteiger partial charge in [-0.1, -0.05) is 0 Å². The van der Waals surface area contributed by atoms with Crippen molar-refractivity contribution in [2.45, 2.75) is 23.2 Å². The molecule has 15 heavy (non-hydrogen) atoms. The van der Waals surface area contributed by atoms with Crippen LogP contribution in [-0.4, -0.2) is 23.6 Å². The molecule has 4 heteroatoms. The molecule has 1 atom stereocenters. The number of ether oxygens (including phenoxy) is 1. The highest BCUT2D eigenvalue weighted by molar-refractivity contribution is 8.00. The fraction of sp³-hybridized carbons (Fsp3) is 0.455. The molecule has 2 nitrogen and oxygen atoms in total. The Bertz CT molecular complexity index is 350. The predicted molar refractivity (Wildman–Crippen MR) is 57.5 cm³/mol. The summed E-state index contributed by atoms with van der Waals surface area (Å²) in [5, 5.41) is 9.96. The van der Waals surface area contributed by atoms with Gasteiger partial charge in [0, 0.05) is 4.90 Å². The Morgan fingerprint density at radius 3 is 2.80 bits per heavy atom. The molecule has 82 valence electrons. The first-order valence-electron chi connectivity index (χ1n) is 4.88. The number of hydrogen-bond acceptors (Lipinski definition) is 3. The van der Waals surface area contributed by atoms with E-state index in [2.05, 4.69) is 0 Å². The van der Waals surface area contributed by atoms with Crippen molar-refractivity contribution >= 4 is 11.8 Å². The smallest absolute Gasteiger partial charge is 0.123 e. The topological polar surface area (TPSA) is 29.5 Å². The Balaban J connectivity index is 2.20. The number of aliphatic hydroxyl groups excluding tert-OH is 1. The molecule has 1 heterocycles. The first-order chi connectivity index (χ1) is 7.16. The van der Waals surface area contributed by atoms with Gasteiger partial charge >= 0.3 is 0 Å². The monoisotopic (exact) mass is 228 g/mol. The van der Waals surface area contributed by atoms with Crippen molar-refractivity contribution in [2.75, 3.05) is 13.2 Å². The lowest BCUT2D eigenvalue weighted by atomic mass is 10.1. The minimum absolute atomic E-state index is 0.305.